The molecule has 2 N–H and O–H groups in total. The van der Waals surface area contributed by atoms with Crippen LogP contribution >= 0.6 is 15.9 Å². The number of pyridine rings is 1. The van der Waals surface area contributed by atoms with Crippen molar-refractivity contribution in [3.05, 3.63) is 64.4 Å². The van der Waals surface area contributed by atoms with Crippen LogP contribution in [0.2, 0.25) is 0 Å². The minimum atomic E-state index is -1.09. The number of nitrogens with zero attached hydrogens (tertiary/aromatic N) is 6. The summed E-state index contributed by atoms with van der Waals surface area (Å²) in [6.45, 7) is 6.73. The highest BCUT2D eigenvalue weighted by atomic mass is 79.9. The number of likely N-dealkylation sites (tertiary alicyclic amines) is 1. The molecule has 4 atom stereocenters. The van der Waals surface area contributed by atoms with Crippen molar-refractivity contribution in [2.75, 3.05) is 5.32 Å². The molecule has 11 nitrogen and oxygen atoms in total. The van der Waals surface area contributed by atoms with Gasteiger partial charge in [0, 0.05) is 41.7 Å². The number of benzene rings is 1. The summed E-state index contributed by atoms with van der Waals surface area (Å²) >= 11 is 3.31. The van der Waals surface area contributed by atoms with Gasteiger partial charge in [0.15, 0.2) is 5.78 Å². The van der Waals surface area contributed by atoms with Gasteiger partial charge in [0.25, 0.3) is 5.91 Å². The zero-order chi connectivity index (χ0) is 29.2. The third-order valence-corrected chi connectivity index (χ3v) is 8.63. The predicted molar refractivity (Wildman–Crippen MR) is 154 cm³/mol. The molecule has 1 saturated carbocycles. The molecule has 0 radical (unpaired) electrons. The van der Waals surface area contributed by atoms with E-state index < -0.39 is 23.5 Å². The summed E-state index contributed by atoms with van der Waals surface area (Å²) in [6.07, 6.45) is 2.99. The molecule has 2 amide bonds. The first-order chi connectivity index (χ1) is 19.5. The summed E-state index contributed by atoms with van der Waals surface area (Å²) in [4.78, 5) is 54.1. The number of anilines is 1. The van der Waals surface area contributed by atoms with Crippen LogP contribution in [-0.4, -0.2) is 70.5 Å². The van der Waals surface area contributed by atoms with Gasteiger partial charge in [-0.25, -0.2) is 15.0 Å². The minimum Gasteiger partial charge on any atom is -0.390 e. The fraction of sp³-hybridized carbons (Fsp3) is 0.345. The number of hydrogen-bond acceptors (Lipinski definition) is 8. The molecule has 1 aliphatic heterocycles. The number of hydrogen-bond donors (Lipinski definition) is 2. The third-order valence-electron chi connectivity index (χ3n) is 8.19. The van der Waals surface area contributed by atoms with Crippen molar-refractivity contribution in [2.24, 2.45) is 5.41 Å². The van der Waals surface area contributed by atoms with Crippen LogP contribution in [0.15, 0.2) is 47.3 Å². The maximum Gasteiger partial charge on any atom is 0.251 e. The number of carbonyl (C=O) groups is 3. The average Bonchev–Trinajstić information content (AvgIpc) is 3.40. The van der Waals surface area contributed by atoms with Crippen LogP contribution in [0.25, 0.3) is 22.0 Å². The molecule has 4 heterocycles. The number of rotatable bonds is 6. The van der Waals surface area contributed by atoms with Gasteiger partial charge in [-0.15, -0.1) is 0 Å². The van der Waals surface area contributed by atoms with Crippen molar-refractivity contribution in [1.29, 1.82) is 0 Å². The number of nitrogens with one attached hydrogen (secondary N) is 1. The Labute approximate surface area is 244 Å². The lowest BCUT2D eigenvalue weighted by Crippen LogP contribution is -2.51. The Morgan fingerprint density at radius 1 is 1.12 bits per heavy atom. The van der Waals surface area contributed by atoms with Crippen LogP contribution < -0.4 is 5.32 Å². The first-order valence-corrected chi connectivity index (χ1v) is 14.0. The molecule has 0 bridgehead atoms. The second kappa shape index (κ2) is 9.81. The lowest BCUT2D eigenvalue weighted by atomic mass is 9.97. The second-order valence-corrected chi connectivity index (χ2v) is 11.8. The number of amides is 2. The van der Waals surface area contributed by atoms with E-state index in [4.69, 9.17) is 0 Å². The van der Waals surface area contributed by atoms with E-state index in [-0.39, 0.29) is 30.0 Å². The summed E-state index contributed by atoms with van der Waals surface area (Å²) in [6, 6.07) is 7.73. The number of aryl methyl sites for hydroxylation is 2. The van der Waals surface area contributed by atoms with Crippen LogP contribution in [-0.2, 0) is 16.1 Å². The fourth-order valence-electron chi connectivity index (χ4n) is 5.71. The largest absolute Gasteiger partial charge is 0.390 e. The van der Waals surface area contributed by atoms with Gasteiger partial charge in [0.2, 0.25) is 5.91 Å². The fourth-order valence-corrected chi connectivity index (χ4v) is 6.02. The minimum absolute atomic E-state index is 0.200. The Kier molecular flexibility index (Phi) is 6.50. The second-order valence-electron chi connectivity index (χ2n) is 11.0. The molecular weight excluding hydrogens is 590 g/mol. The molecule has 1 saturated heterocycles. The zero-order valence-corrected chi connectivity index (χ0v) is 24.5. The van der Waals surface area contributed by atoms with Crippen molar-refractivity contribution < 1.29 is 19.5 Å². The number of Topliss-reactive ketones (excluding diaryl/α,β-unsaturated/α-hetero) is 1. The van der Waals surface area contributed by atoms with E-state index in [1.165, 1.54) is 16.5 Å². The normalized spacial score (nSPS) is 23.0. The molecular formula is C29H28BrN7O4. The van der Waals surface area contributed by atoms with Gasteiger partial charge in [0.05, 0.1) is 11.6 Å². The van der Waals surface area contributed by atoms with Gasteiger partial charge in [0.1, 0.15) is 34.5 Å². The molecule has 0 spiro atoms. The van der Waals surface area contributed by atoms with Crippen LogP contribution in [0.3, 0.4) is 0 Å². The van der Waals surface area contributed by atoms with E-state index in [2.05, 4.69) is 41.3 Å². The monoisotopic (exact) mass is 617 g/mol. The molecule has 6 rings (SSSR count). The maximum atomic E-state index is 13.8. The predicted octanol–water partition coefficient (Wildman–Crippen LogP) is 3.46. The van der Waals surface area contributed by atoms with Crippen LogP contribution in [0.4, 0.5) is 5.82 Å². The quantitative estimate of drug-likeness (QED) is 0.247. The molecule has 2 fully saturated rings. The molecule has 1 aliphatic carbocycles. The summed E-state index contributed by atoms with van der Waals surface area (Å²) in [5, 5.41) is 19.0. The molecule has 12 heteroatoms. The smallest absolute Gasteiger partial charge is 0.251 e. The number of aromatic nitrogens is 5. The molecule has 4 aromatic rings. The van der Waals surface area contributed by atoms with Crippen molar-refractivity contribution in [3.8, 4) is 11.1 Å². The summed E-state index contributed by atoms with van der Waals surface area (Å²) < 4.78 is 2.04. The van der Waals surface area contributed by atoms with E-state index in [0.29, 0.717) is 33.6 Å². The Bertz CT molecular complexity index is 1740. The van der Waals surface area contributed by atoms with Gasteiger partial charge in [-0.1, -0.05) is 19.1 Å². The lowest BCUT2D eigenvalue weighted by molar-refractivity contribution is -0.141. The summed E-state index contributed by atoms with van der Waals surface area (Å²) in [7, 11) is 0. The maximum absolute atomic E-state index is 13.8. The Hall–Kier alpha value is -4.03. The van der Waals surface area contributed by atoms with E-state index in [9.17, 15) is 19.5 Å². The Morgan fingerprint density at radius 2 is 1.85 bits per heavy atom. The van der Waals surface area contributed by atoms with Gasteiger partial charge in [-0.3, -0.25) is 19.1 Å². The highest BCUT2D eigenvalue weighted by Gasteiger charge is 2.70. The summed E-state index contributed by atoms with van der Waals surface area (Å²) in [5.74, 6) is -0.107. The number of ketones is 1. The van der Waals surface area contributed by atoms with Crippen LogP contribution in [0.5, 0.6) is 0 Å². The van der Waals surface area contributed by atoms with Gasteiger partial charge in [-0.05, 0) is 65.5 Å². The topological polar surface area (TPSA) is 143 Å². The zero-order valence-electron chi connectivity index (χ0n) is 22.9. The number of aliphatic hydroxyl groups excluding tert-OH is 1. The molecule has 0 unspecified atom stereocenters. The Morgan fingerprint density at radius 3 is 2.56 bits per heavy atom. The molecule has 3 aromatic heterocycles. The SMILES string of the molecule is CC(=O)c1nn(CC(=O)N2[C@H](C(=O)Nc3nc(Br)ccc3C)[C@@H](O)[C@@]3(C)C[C@@H]23)c2ccc(-c3cnc(C)nc3)cc12. The van der Waals surface area contributed by atoms with Gasteiger partial charge >= 0.3 is 0 Å². The van der Waals surface area contributed by atoms with E-state index in [1.54, 1.807) is 25.4 Å². The number of carbonyl (C=O) groups excluding carboxylic acids is 3. The standard InChI is InChI=1S/C29H28BrN7O4/c1-14-5-8-22(30)33-27(14)34-28(41)25-26(40)29(4)10-21(29)37(25)23(39)13-36-20-7-6-17(18-11-31-16(3)32-12-18)9-19(20)24(35-36)15(2)38/h5-9,11-12,21,25-26,40H,10,13H2,1-4H3,(H,33,34,41)/t21-,25+,26-,29+/m1/s1. The van der Waals surface area contributed by atoms with Crippen molar-refractivity contribution in [1.82, 2.24) is 29.6 Å². The number of piperidine rings is 1. The summed E-state index contributed by atoms with van der Waals surface area (Å²) in [5.41, 5.74) is 2.63. The van der Waals surface area contributed by atoms with Crippen LogP contribution in [0, 0.1) is 19.3 Å². The van der Waals surface area contributed by atoms with Gasteiger partial charge < -0.3 is 15.3 Å². The molecule has 41 heavy (non-hydrogen) atoms. The van der Waals surface area contributed by atoms with Gasteiger partial charge in [-0.2, -0.15) is 5.10 Å². The van der Waals surface area contributed by atoms with Crippen molar-refractivity contribution in [2.45, 2.75) is 58.8 Å². The van der Waals surface area contributed by atoms with E-state index in [0.717, 1.165) is 16.7 Å². The first-order valence-electron chi connectivity index (χ1n) is 13.2. The molecule has 2 aliphatic rings. The molecule has 1 aromatic carbocycles. The lowest BCUT2D eigenvalue weighted by Gasteiger charge is -2.29. The first kappa shape index (κ1) is 27.2. The highest BCUT2D eigenvalue weighted by Crippen LogP contribution is 2.59. The average molecular weight is 618 g/mol. The highest BCUT2D eigenvalue weighted by molar-refractivity contribution is 9.10. The van der Waals surface area contributed by atoms with Crippen LogP contribution in [0.1, 0.15) is 42.1 Å². The Balaban J connectivity index is 1.31. The van der Waals surface area contributed by atoms with E-state index in [1.807, 2.05) is 38.1 Å². The van der Waals surface area contributed by atoms with Crippen molar-refractivity contribution >= 4 is 50.2 Å². The molecule has 210 valence electrons. The number of aliphatic hydroxyl groups is 1. The van der Waals surface area contributed by atoms with Crippen molar-refractivity contribution in [3.63, 3.8) is 0 Å². The van der Waals surface area contributed by atoms with E-state index >= 15 is 0 Å². The number of fused-ring (bicyclic) bond motifs is 2. The third kappa shape index (κ3) is 4.60. The number of halogens is 1.